The van der Waals surface area contributed by atoms with Gasteiger partial charge in [0.15, 0.2) is 0 Å². The van der Waals surface area contributed by atoms with E-state index >= 15 is 0 Å². The lowest BCUT2D eigenvalue weighted by molar-refractivity contribution is -0.136. The third-order valence-corrected chi connectivity index (χ3v) is 4.01. The van der Waals surface area contributed by atoms with Gasteiger partial charge in [-0.05, 0) is 36.5 Å². The highest BCUT2D eigenvalue weighted by Crippen LogP contribution is 2.21. The molecular weight excluding hydrogens is 268 g/mol. The highest BCUT2D eigenvalue weighted by atomic mass is 16.4. The zero-order valence-corrected chi connectivity index (χ0v) is 12.3. The third kappa shape index (κ3) is 4.48. The van der Waals surface area contributed by atoms with Gasteiger partial charge in [0, 0.05) is 18.8 Å². The summed E-state index contributed by atoms with van der Waals surface area (Å²) in [5.74, 6) is -0.145. The molecule has 114 valence electrons. The summed E-state index contributed by atoms with van der Waals surface area (Å²) < 4.78 is 0. The predicted octanol–water partition coefficient (Wildman–Crippen LogP) is 2.97. The molecule has 21 heavy (non-hydrogen) atoms. The quantitative estimate of drug-likeness (QED) is 0.895. The molecule has 1 fully saturated rings. The molecule has 1 aliphatic heterocycles. The number of carbonyl (C=O) groups is 2. The number of carboxylic acid groups (broad SMARTS) is 1. The number of urea groups is 1. The molecular formula is C16H22N2O3. The molecule has 2 N–H and O–H groups in total. The first-order valence-electron chi connectivity index (χ1n) is 7.45. The lowest BCUT2D eigenvalue weighted by Crippen LogP contribution is -2.40. The van der Waals surface area contributed by atoms with Gasteiger partial charge in [-0.15, -0.1) is 0 Å². The number of hydrogen-bond acceptors (Lipinski definition) is 2. The number of hydrogen-bond donors (Lipinski definition) is 2. The predicted molar refractivity (Wildman–Crippen MR) is 81.4 cm³/mol. The zero-order chi connectivity index (χ0) is 15.2. The van der Waals surface area contributed by atoms with Crippen molar-refractivity contribution in [1.82, 2.24) is 4.90 Å². The molecule has 5 heteroatoms. The van der Waals surface area contributed by atoms with Crippen molar-refractivity contribution in [3.63, 3.8) is 0 Å². The number of nitrogens with zero attached hydrogens (tertiary/aromatic N) is 1. The number of aliphatic carboxylic acids is 1. The van der Waals surface area contributed by atoms with Gasteiger partial charge in [0.1, 0.15) is 0 Å². The number of carboxylic acids is 1. The van der Waals surface area contributed by atoms with Crippen LogP contribution >= 0.6 is 0 Å². The second-order valence-corrected chi connectivity index (χ2v) is 5.54. The van der Waals surface area contributed by atoms with Crippen molar-refractivity contribution in [2.24, 2.45) is 5.92 Å². The van der Waals surface area contributed by atoms with Crippen molar-refractivity contribution < 1.29 is 14.7 Å². The summed E-state index contributed by atoms with van der Waals surface area (Å²) in [5.41, 5.74) is 1.33. The standard InChI is InChI=1S/C16H22N2O3/c1-2-12-6-8-18(9-7-12)16(21)17-14-5-3-4-13(10-14)11-15(19)20/h3-5,10,12H,2,6-9,11H2,1H3,(H,17,21)(H,19,20). The molecule has 1 saturated heterocycles. The lowest BCUT2D eigenvalue weighted by Gasteiger charge is -2.31. The first-order chi connectivity index (χ1) is 10.1. The molecule has 0 aliphatic carbocycles. The van der Waals surface area contributed by atoms with Crippen LogP contribution in [0.3, 0.4) is 0 Å². The van der Waals surface area contributed by atoms with E-state index in [0.717, 1.165) is 31.8 Å². The number of rotatable bonds is 4. The fourth-order valence-electron chi connectivity index (χ4n) is 2.68. The van der Waals surface area contributed by atoms with E-state index in [1.807, 2.05) is 4.90 Å². The second kappa shape index (κ2) is 7.11. The Hall–Kier alpha value is -2.04. The summed E-state index contributed by atoms with van der Waals surface area (Å²) in [7, 11) is 0. The van der Waals surface area contributed by atoms with Gasteiger partial charge in [-0.3, -0.25) is 4.79 Å². The van der Waals surface area contributed by atoms with Crippen LogP contribution in [-0.4, -0.2) is 35.1 Å². The first-order valence-corrected chi connectivity index (χ1v) is 7.45. The topological polar surface area (TPSA) is 69.6 Å². The van der Waals surface area contributed by atoms with Crippen LogP contribution in [0, 0.1) is 5.92 Å². The molecule has 0 aromatic heterocycles. The van der Waals surface area contributed by atoms with Crippen LogP contribution in [0.5, 0.6) is 0 Å². The van der Waals surface area contributed by atoms with Gasteiger partial charge in [-0.1, -0.05) is 25.5 Å². The molecule has 2 rings (SSSR count). The largest absolute Gasteiger partial charge is 0.481 e. The lowest BCUT2D eigenvalue weighted by atomic mass is 9.95. The van der Waals surface area contributed by atoms with Crippen molar-refractivity contribution in [3.05, 3.63) is 29.8 Å². The Morgan fingerprint density at radius 3 is 2.67 bits per heavy atom. The van der Waals surface area contributed by atoms with Gasteiger partial charge in [-0.2, -0.15) is 0 Å². The Bertz CT molecular complexity index is 508. The van der Waals surface area contributed by atoms with Crippen molar-refractivity contribution >= 4 is 17.7 Å². The van der Waals surface area contributed by atoms with Gasteiger partial charge in [0.2, 0.25) is 0 Å². The van der Waals surface area contributed by atoms with Crippen LogP contribution in [0.4, 0.5) is 10.5 Å². The first kappa shape index (κ1) is 15.4. The molecule has 2 amide bonds. The highest BCUT2D eigenvalue weighted by molar-refractivity contribution is 5.89. The Morgan fingerprint density at radius 1 is 1.33 bits per heavy atom. The van der Waals surface area contributed by atoms with Crippen LogP contribution in [-0.2, 0) is 11.2 Å². The number of benzene rings is 1. The Balaban J connectivity index is 1.92. The van der Waals surface area contributed by atoms with Crippen LogP contribution in [0.1, 0.15) is 31.7 Å². The van der Waals surface area contributed by atoms with E-state index in [2.05, 4.69) is 12.2 Å². The zero-order valence-electron chi connectivity index (χ0n) is 12.3. The van der Waals surface area contributed by atoms with E-state index in [1.54, 1.807) is 24.3 Å². The fraction of sp³-hybridized carbons (Fsp3) is 0.500. The summed E-state index contributed by atoms with van der Waals surface area (Å²) in [5, 5.41) is 11.6. The van der Waals surface area contributed by atoms with E-state index in [1.165, 1.54) is 6.42 Å². The number of nitrogens with one attached hydrogen (secondary N) is 1. The summed E-state index contributed by atoms with van der Waals surface area (Å²) in [6, 6.07) is 6.90. The van der Waals surface area contributed by atoms with Gasteiger partial charge < -0.3 is 15.3 Å². The maximum absolute atomic E-state index is 12.2. The number of piperidine rings is 1. The van der Waals surface area contributed by atoms with Crippen LogP contribution in [0.2, 0.25) is 0 Å². The summed E-state index contributed by atoms with van der Waals surface area (Å²) >= 11 is 0. The minimum atomic E-state index is -0.875. The van der Waals surface area contributed by atoms with E-state index in [-0.39, 0.29) is 12.5 Å². The van der Waals surface area contributed by atoms with Crippen LogP contribution in [0.25, 0.3) is 0 Å². The van der Waals surface area contributed by atoms with Gasteiger partial charge in [0.25, 0.3) is 0 Å². The minimum absolute atomic E-state index is 0.0361. The molecule has 0 bridgehead atoms. The Morgan fingerprint density at radius 2 is 2.05 bits per heavy atom. The van der Waals surface area contributed by atoms with Gasteiger partial charge in [-0.25, -0.2) is 4.79 Å². The second-order valence-electron chi connectivity index (χ2n) is 5.54. The summed E-state index contributed by atoms with van der Waals surface area (Å²) in [6.07, 6.45) is 3.25. The van der Waals surface area contributed by atoms with Crippen molar-refractivity contribution in [2.75, 3.05) is 18.4 Å². The number of likely N-dealkylation sites (tertiary alicyclic amines) is 1. The molecule has 0 saturated carbocycles. The average Bonchev–Trinajstić information content (AvgIpc) is 2.47. The van der Waals surface area contributed by atoms with Crippen LogP contribution < -0.4 is 5.32 Å². The molecule has 1 heterocycles. The smallest absolute Gasteiger partial charge is 0.321 e. The SMILES string of the molecule is CCC1CCN(C(=O)Nc2cccc(CC(=O)O)c2)CC1. The van der Waals surface area contributed by atoms with E-state index in [4.69, 9.17) is 5.11 Å². The summed E-state index contributed by atoms with van der Waals surface area (Å²) in [4.78, 5) is 24.7. The number of amides is 2. The molecule has 1 aromatic carbocycles. The van der Waals surface area contributed by atoms with Gasteiger partial charge in [0.05, 0.1) is 6.42 Å². The number of anilines is 1. The van der Waals surface area contributed by atoms with E-state index in [0.29, 0.717) is 11.3 Å². The molecule has 0 atom stereocenters. The highest BCUT2D eigenvalue weighted by Gasteiger charge is 2.21. The average molecular weight is 290 g/mol. The summed E-state index contributed by atoms with van der Waals surface area (Å²) in [6.45, 7) is 3.77. The minimum Gasteiger partial charge on any atom is -0.481 e. The normalized spacial score (nSPS) is 15.8. The van der Waals surface area contributed by atoms with E-state index < -0.39 is 5.97 Å². The maximum Gasteiger partial charge on any atom is 0.321 e. The molecule has 1 aromatic rings. The van der Waals surface area contributed by atoms with Crippen molar-refractivity contribution in [2.45, 2.75) is 32.6 Å². The molecule has 5 nitrogen and oxygen atoms in total. The monoisotopic (exact) mass is 290 g/mol. The molecule has 0 unspecified atom stereocenters. The fourth-order valence-corrected chi connectivity index (χ4v) is 2.68. The van der Waals surface area contributed by atoms with Crippen molar-refractivity contribution in [3.8, 4) is 0 Å². The molecule has 1 aliphatic rings. The number of carbonyl (C=O) groups excluding carboxylic acids is 1. The molecule has 0 spiro atoms. The van der Waals surface area contributed by atoms with E-state index in [9.17, 15) is 9.59 Å². The Kier molecular flexibility index (Phi) is 5.20. The van der Waals surface area contributed by atoms with Crippen molar-refractivity contribution in [1.29, 1.82) is 0 Å². The molecule has 0 radical (unpaired) electrons. The Labute approximate surface area is 125 Å². The maximum atomic E-state index is 12.2. The van der Waals surface area contributed by atoms with Gasteiger partial charge >= 0.3 is 12.0 Å². The van der Waals surface area contributed by atoms with Crippen LogP contribution in [0.15, 0.2) is 24.3 Å². The third-order valence-electron chi connectivity index (χ3n) is 4.01.